The number of furan rings is 1. The monoisotopic (exact) mass is 372 g/mol. The predicted molar refractivity (Wildman–Crippen MR) is 77.7 cm³/mol. The fraction of sp³-hybridized carbons (Fsp3) is 0.0833. The van der Waals surface area contributed by atoms with E-state index in [1.165, 1.54) is 6.26 Å². The van der Waals surface area contributed by atoms with E-state index >= 15 is 0 Å². The molecule has 2 aromatic rings. The number of nitrogens with one attached hydrogen (secondary N) is 1. The average molecular weight is 374 g/mol. The molecule has 1 aromatic carbocycles. The molecule has 4 nitrogen and oxygen atoms in total. The van der Waals surface area contributed by atoms with Gasteiger partial charge in [-0.2, -0.15) is 0 Å². The molecule has 0 aliphatic carbocycles. The van der Waals surface area contributed by atoms with E-state index in [-0.39, 0.29) is 5.91 Å². The molecule has 6 heteroatoms. The molecule has 0 aliphatic heterocycles. The number of hydrogen-bond donors (Lipinski definition) is 2. The Kier molecular flexibility index (Phi) is 3.77. The quantitative estimate of drug-likeness (QED) is 0.783. The number of nitrogens with two attached hydrogens (primary N) is 1. The smallest absolute Gasteiger partial charge is 0.258 e. The molecule has 0 saturated heterocycles. The highest BCUT2D eigenvalue weighted by atomic mass is 79.9. The summed E-state index contributed by atoms with van der Waals surface area (Å²) in [6.45, 7) is 1.78. The van der Waals surface area contributed by atoms with Crippen molar-refractivity contribution in [1.82, 2.24) is 0 Å². The Hall–Kier alpha value is -1.27. The van der Waals surface area contributed by atoms with Crippen LogP contribution in [-0.4, -0.2) is 5.91 Å². The zero-order valence-electron chi connectivity index (χ0n) is 9.46. The normalized spacial score (nSPS) is 10.4. The highest BCUT2D eigenvalue weighted by molar-refractivity contribution is 9.11. The first-order chi connectivity index (χ1) is 8.47. The molecule has 2 rings (SSSR count). The highest BCUT2D eigenvalue weighted by Crippen LogP contribution is 2.33. The van der Waals surface area contributed by atoms with Crippen LogP contribution in [0, 0.1) is 6.92 Å². The summed E-state index contributed by atoms with van der Waals surface area (Å²) < 4.78 is 6.52. The van der Waals surface area contributed by atoms with Crippen molar-refractivity contribution in [2.24, 2.45) is 0 Å². The second-order valence-electron chi connectivity index (χ2n) is 3.76. The number of amides is 1. The van der Waals surface area contributed by atoms with Gasteiger partial charge < -0.3 is 15.5 Å². The van der Waals surface area contributed by atoms with E-state index in [1.807, 2.05) is 0 Å². The Labute approximate surface area is 121 Å². The van der Waals surface area contributed by atoms with Crippen LogP contribution in [0.15, 0.2) is 37.8 Å². The molecule has 18 heavy (non-hydrogen) atoms. The minimum Gasteiger partial charge on any atom is -0.469 e. The Morgan fingerprint density at radius 3 is 2.39 bits per heavy atom. The van der Waals surface area contributed by atoms with Gasteiger partial charge in [-0.25, -0.2) is 0 Å². The Balaban J connectivity index is 2.27. The summed E-state index contributed by atoms with van der Waals surface area (Å²) in [6.07, 6.45) is 1.42. The van der Waals surface area contributed by atoms with Gasteiger partial charge in [-0.15, -0.1) is 0 Å². The van der Waals surface area contributed by atoms with E-state index in [2.05, 4.69) is 37.2 Å². The van der Waals surface area contributed by atoms with Gasteiger partial charge in [0.15, 0.2) is 0 Å². The maximum absolute atomic E-state index is 12.0. The molecular weight excluding hydrogens is 364 g/mol. The predicted octanol–water partition coefficient (Wildman–Crippen LogP) is 3.95. The molecule has 0 saturated carbocycles. The standard InChI is InChI=1S/C12H10Br2N2O2/c1-6-2-7(5-18-6)12(17)16-11-9(13)3-8(15)4-10(11)14/h2-5H,15H2,1H3,(H,16,17). The van der Waals surface area contributed by atoms with Crippen LogP contribution in [0.25, 0.3) is 0 Å². The van der Waals surface area contributed by atoms with E-state index in [4.69, 9.17) is 10.2 Å². The molecule has 0 atom stereocenters. The highest BCUT2D eigenvalue weighted by Gasteiger charge is 2.13. The number of benzene rings is 1. The molecule has 0 spiro atoms. The maximum Gasteiger partial charge on any atom is 0.258 e. The third-order valence-corrected chi connectivity index (χ3v) is 3.55. The van der Waals surface area contributed by atoms with Crippen LogP contribution in [0.2, 0.25) is 0 Å². The lowest BCUT2D eigenvalue weighted by molar-refractivity contribution is 0.102. The zero-order valence-corrected chi connectivity index (χ0v) is 12.6. The third kappa shape index (κ3) is 2.76. The molecule has 94 valence electrons. The molecule has 0 radical (unpaired) electrons. The summed E-state index contributed by atoms with van der Waals surface area (Å²) in [7, 11) is 0. The Morgan fingerprint density at radius 2 is 1.89 bits per heavy atom. The molecule has 3 N–H and O–H groups in total. The van der Waals surface area contributed by atoms with E-state index in [0.29, 0.717) is 31.6 Å². The zero-order chi connectivity index (χ0) is 13.3. The summed E-state index contributed by atoms with van der Waals surface area (Å²) in [6, 6.07) is 5.12. The van der Waals surface area contributed by atoms with Crippen molar-refractivity contribution in [2.45, 2.75) is 6.92 Å². The van der Waals surface area contributed by atoms with Crippen LogP contribution in [-0.2, 0) is 0 Å². The molecule has 1 aromatic heterocycles. The molecule has 1 amide bonds. The first-order valence-electron chi connectivity index (χ1n) is 5.08. The molecule has 0 fully saturated rings. The number of aryl methyl sites for hydroxylation is 1. The van der Waals surface area contributed by atoms with Gasteiger partial charge in [-0.3, -0.25) is 4.79 Å². The molecular formula is C12H10Br2N2O2. The first-order valence-corrected chi connectivity index (χ1v) is 6.67. The lowest BCUT2D eigenvalue weighted by Crippen LogP contribution is -2.12. The van der Waals surface area contributed by atoms with Crippen molar-refractivity contribution in [3.05, 3.63) is 44.7 Å². The minimum absolute atomic E-state index is 0.238. The summed E-state index contributed by atoms with van der Waals surface area (Å²) in [4.78, 5) is 12.0. The minimum atomic E-state index is -0.238. The van der Waals surface area contributed by atoms with Gasteiger partial charge in [-0.05, 0) is 57.0 Å². The van der Waals surface area contributed by atoms with Gasteiger partial charge in [-0.1, -0.05) is 0 Å². The van der Waals surface area contributed by atoms with E-state index < -0.39 is 0 Å². The molecule has 0 unspecified atom stereocenters. The van der Waals surface area contributed by atoms with Crippen LogP contribution in [0.5, 0.6) is 0 Å². The van der Waals surface area contributed by atoms with Gasteiger partial charge in [0.05, 0.1) is 11.3 Å². The van der Waals surface area contributed by atoms with Crippen LogP contribution < -0.4 is 11.1 Å². The number of carbonyl (C=O) groups excluding carboxylic acids is 1. The van der Waals surface area contributed by atoms with Gasteiger partial charge in [0, 0.05) is 14.6 Å². The number of nitrogen functional groups attached to an aromatic ring is 1. The number of halogens is 2. The van der Waals surface area contributed by atoms with Crippen molar-refractivity contribution < 1.29 is 9.21 Å². The summed E-state index contributed by atoms with van der Waals surface area (Å²) in [5, 5.41) is 2.79. The third-order valence-electron chi connectivity index (χ3n) is 2.30. The number of carbonyl (C=O) groups is 1. The molecule has 0 bridgehead atoms. The maximum atomic E-state index is 12.0. The van der Waals surface area contributed by atoms with Gasteiger partial charge in [0.25, 0.3) is 5.91 Å². The lowest BCUT2D eigenvalue weighted by Gasteiger charge is -2.09. The summed E-state index contributed by atoms with van der Waals surface area (Å²) >= 11 is 6.71. The topological polar surface area (TPSA) is 68.3 Å². The van der Waals surface area contributed by atoms with Crippen molar-refractivity contribution in [3.8, 4) is 0 Å². The SMILES string of the molecule is Cc1cc(C(=O)Nc2c(Br)cc(N)cc2Br)co1. The second kappa shape index (κ2) is 5.16. The number of rotatable bonds is 2. The first kappa shape index (κ1) is 13.2. The van der Waals surface area contributed by atoms with Crippen LogP contribution in [0.4, 0.5) is 11.4 Å². The fourth-order valence-electron chi connectivity index (χ4n) is 1.46. The lowest BCUT2D eigenvalue weighted by atomic mass is 10.2. The summed E-state index contributed by atoms with van der Waals surface area (Å²) in [5.41, 5.74) is 7.40. The Bertz CT molecular complexity index is 585. The van der Waals surface area contributed by atoms with Gasteiger partial charge >= 0.3 is 0 Å². The van der Waals surface area contributed by atoms with Crippen molar-refractivity contribution >= 4 is 49.1 Å². The molecule has 1 heterocycles. The fourth-order valence-corrected chi connectivity index (χ4v) is 2.88. The largest absolute Gasteiger partial charge is 0.469 e. The van der Waals surface area contributed by atoms with Gasteiger partial charge in [0.1, 0.15) is 12.0 Å². The van der Waals surface area contributed by atoms with Crippen molar-refractivity contribution in [2.75, 3.05) is 11.1 Å². The van der Waals surface area contributed by atoms with E-state index in [9.17, 15) is 4.79 Å². The Morgan fingerprint density at radius 1 is 1.28 bits per heavy atom. The summed E-state index contributed by atoms with van der Waals surface area (Å²) in [5.74, 6) is 0.452. The number of anilines is 2. The van der Waals surface area contributed by atoms with E-state index in [0.717, 1.165) is 0 Å². The second-order valence-corrected chi connectivity index (χ2v) is 5.47. The molecule has 0 aliphatic rings. The van der Waals surface area contributed by atoms with Crippen LogP contribution >= 0.6 is 31.9 Å². The average Bonchev–Trinajstić information content (AvgIpc) is 2.70. The van der Waals surface area contributed by atoms with Crippen LogP contribution in [0.1, 0.15) is 16.1 Å². The van der Waals surface area contributed by atoms with Crippen molar-refractivity contribution in [1.29, 1.82) is 0 Å². The van der Waals surface area contributed by atoms with Crippen LogP contribution in [0.3, 0.4) is 0 Å². The van der Waals surface area contributed by atoms with E-state index in [1.54, 1.807) is 25.1 Å². The van der Waals surface area contributed by atoms with Gasteiger partial charge in [0.2, 0.25) is 0 Å². The number of hydrogen-bond acceptors (Lipinski definition) is 3. The van der Waals surface area contributed by atoms with Crippen molar-refractivity contribution in [3.63, 3.8) is 0 Å².